The Kier molecular flexibility index (Phi) is 5.70. The Morgan fingerprint density at radius 1 is 1.04 bits per heavy atom. The minimum absolute atomic E-state index is 0.0323. The number of hydrogen-bond acceptors (Lipinski definition) is 4. The second-order valence-corrected chi connectivity index (χ2v) is 6.99. The first-order chi connectivity index (χ1) is 13.3. The van der Waals surface area contributed by atoms with Crippen LogP contribution < -0.4 is 4.74 Å². The van der Waals surface area contributed by atoms with Crippen LogP contribution in [0.15, 0.2) is 54.6 Å². The molecule has 2 aliphatic rings. The van der Waals surface area contributed by atoms with E-state index in [0.29, 0.717) is 31.9 Å². The lowest BCUT2D eigenvalue weighted by atomic mass is 10.1. The van der Waals surface area contributed by atoms with Crippen molar-refractivity contribution in [3.05, 3.63) is 65.7 Å². The molecule has 142 valence electrons. The molecule has 2 heterocycles. The summed E-state index contributed by atoms with van der Waals surface area (Å²) in [6, 6.07) is 17.4. The fraction of sp³-hybridized carbons (Fsp3) is 0.409. The van der Waals surface area contributed by atoms with E-state index in [0.717, 1.165) is 30.8 Å². The highest BCUT2D eigenvalue weighted by Gasteiger charge is 2.26. The molecular formula is C22H25NO4. The number of amides is 1. The van der Waals surface area contributed by atoms with Gasteiger partial charge in [0.1, 0.15) is 18.5 Å². The summed E-state index contributed by atoms with van der Waals surface area (Å²) in [5.41, 5.74) is 1.78. The molecule has 4 rings (SSSR count). The average molecular weight is 367 g/mol. The standard InChI is InChI=1S/C22H25NO4/c24-22(23-12-14-26-21(15-23)17-5-2-1-3-6-17)18-8-10-19(11-9-18)27-16-20-7-4-13-25-20/h1-3,5-6,8-11,20-21H,4,7,12-16H2/t20-,21-/m1/s1. The Labute approximate surface area is 159 Å². The number of hydrogen-bond donors (Lipinski definition) is 0. The van der Waals surface area contributed by atoms with Gasteiger partial charge >= 0.3 is 0 Å². The maximum atomic E-state index is 12.9. The van der Waals surface area contributed by atoms with Crippen LogP contribution in [-0.2, 0) is 9.47 Å². The monoisotopic (exact) mass is 367 g/mol. The molecule has 0 unspecified atom stereocenters. The van der Waals surface area contributed by atoms with Crippen LogP contribution in [0.1, 0.15) is 34.9 Å². The largest absolute Gasteiger partial charge is 0.491 e. The number of rotatable bonds is 5. The zero-order valence-electron chi connectivity index (χ0n) is 15.4. The van der Waals surface area contributed by atoms with E-state index in [9.17, 15) is 4.79 Å². The maximum Gasteiger partial charge on any atom is 0.254 e. The number of carbonyl (C=O) groups excluding carboxylic acids is 1. The normalized spacial score (nSPS) is 22.6. The van der Waals surface area contributed by atoms with Crippen LogP contribution >= 0.6 is 0 Å². The molecule has 2 aromatic carbocycles. The zero-order valence-corrected chi connectivity index (χ0v) is 15.4. The van der Waals surface area contributed by atoms with E-state index in [1.165, 1.54) is 0 Å². The Bertz CT molecular complexity index is 741. The molecule has 5 nitrogen and oxygen atoms in total. The maximum absolute atomic E-state index is 12.9. The minimum atomic E-state index is -0.0714. The molecule has 2 fully saturated rings. The third kappa shape index (κ3) is 4.49. The third-order valence-corrected chi connectivity index (χ3v) is 5.09. The second-order valence-electron chi connectivity index (χ2n) is 6.99. The third-order valence-electron chi connectivity index (χ3n) is 5.09. The van der Waals surface area contributed by atoms with Crippen molar-refractivity contribution in [2.24, 2.45) is 0 Å². The number of benzene rings is 2. The minimum Gasteiger partial charge on any atom is -0.491 e. The van der Waals surface area contributed by atoms with Crippen molar-refractivity contribution in [1.82, 2.24) is 4.90 Å². The van der Waals surface area contributed by atoms with Gasteiger partial charge in [-0.2, -0.15) is 0 Å². The number of morpholine rings is 1. The van der Waals surface area contributed by atoms with Crippen molar-refractivity contribution in [2.45, 2.75) is 25.0 Å². The van der Waals surface area contributed by atoms with Crippen molar-refractivity contribution < 1.29 is 19.0 Å². The van der Waals surface area contributed by atoms with Gasteiger partial charge in [0.05, 0.1) is 19.3 Å². The van der Waals surface area contributed by atoms with E-state index in [1.54, 1.807) is 0 Å². The summed E-state index contributed by atoms with van der Waals surface area (Å²) in [6.07, 6.45) is 2.27. The van der Waals surface area contributed by atoms with Crippen LogP contribution in [0, 0.1) is 0 Å². The highest BCUT2D eigenvalue weighted by Crippen LogP contribution is 2.24. The van der Waals surface area contributed by atoms with Gasteiger partial charge in [-0.1, -0.05) is 30.3 Å². The molecule has 0 aromatic heterocycles. The Morgan fingerprint density at radius 2 is 1.85 bits per heavy atom. The first-order valence-electron chi connectivity index (χ1n) is 9.60. The highest BCUT2D eigenvalue weighted by atomic mass is 16.5. The van der Waals surface area contributed by atoms with Crippen LogP contribution in [0.25, 0.3) is 0 Å². The predicted molar refractivity (Wildman–Crippen MR) is 102 cm³/mol. The van der Waals surface area contributed by atoms with Gasteiger partial charge in [0, 0.05) is 18.7 Å². The van der Waals surface area contributed by atoms with Crippen LogP contribution in [0.5, 0.6) is 5.75 Å². The van der Waals surface area contributed by atoms with Crippen molar-refractivity contribution in [2.75, 3.05) is 32.9 Å². The van der Waals surface area contributed by atoms with Gasteiger partial charge in [-0.25, -0.2) is 0 Å². The molecule has 0 saturated carbocycles. The Morgan fingerprint density at radius 3 is 2.59 bits per heavy atom. The lowest BCUT2D eigenvalue weighted by molar-refractivity contribution is -0.0228. The van der Waals surface area contributed by atoms with E-state index in [2.05, 4.69) is 0 Å². The zero-order chi connectivity index (χ0) is 18.5. The second kappa shape index (κ2) is 8.55. The van der Waals surface area contributed by atoms with Gasteiger partial charge in [-0.3, -0.25) is 4.79 Å². The molecule has 1 amide bonds. The molecule has 0 bridgehead atoms. The average Bonchev–Trinajstić information content (AvgIpc) is 3.27. The van der Waals surface area contributed by atoms with Gasteiger partial charge in [-0.15, -0.1) is 0 Å². The van der Waals surface area contributed by atoms with E-state index in [-0.39, 0.29) is 18.1 Å². The molecule has 2 aliphatic heterocycles. The first-order valence-corrected chi connectivity index (χ1v) is 9.60. The van der Waals surface area contributed by atoms with Crippen molar-refractivity contribution in [1.29, 1.82) is 0 Å². The molecule has 2 aromatic rings. The van der Waals surface area contributed by atoms with E-state index in [4.69, 9.17) is 14.2 Å². The fourth-order valence-corrected chi connectivity index (χ4v) is 3.54. The van der Waals surface area contributed by atoms with Crippen LogP contribution in [-0.4, -0.2) is 49.8 Å². The summed E-state index contributed by atoms with van der Waals surface area (Å²) in [5, 5.41) is 0. The summed E-state index contributed by atoms with van der Waals surface area (Å²) < 4.78 is 17.2. The van der Waals surface area contributed by atoms with Crippen LogP contribution in [0.4, 0.5) is 0 Å². The first kappa shape index (κ1) is 18.0. The van der Waals surface area contributed by atoms with Gasteiger partial charge < -0.3 is 19.1 Å². The molecule has 2 saturated heterocycles. The lowest BCUT2D eigenvalue weighted by Crippen LogP contribution is -2.42. The molecule has 5 heteroatoms. The number of ether oxygens (including phenoxy) is 3. The molecule has 0 N–H and O–H groups in total. The summed E-state index contributed by atoms with van der Waals surface area (Å²) in [5.74, 6) is 0.802. The molecule has 0 radical (unpaired) electrons. The van der Waals surface area contributed by atoms with E-state index >= 15 is 0 Å². The van der Waals surface area contributed by atoms with E-state index < -0.39 is 0 Å². The quantitative estimate of drug-likeness (QED) is 0.812. The van der Waals surface area contributed by atoms with E-state index in [1.807, 2.05) is 59.5 Å². The number of nitrogens with zero attached hydrogens (tertiary/aromatic N) is 1. The summed E-state index contributed by atoms with van der Waals surface area (Å²) >= 11 is 0. The summed E-state index contributed by atoms with van der Waals surface area (Å²) in [7, 11) is 0. The highest BCUT2D eigenvalue weighted by molar-refractivity contribution is 5.94. The molecule has 0 aliphatic carbocycles. The summed E-state index contributed by atoms with van der Waals surface area (Å²) in [4.78, 5) is 14.7. The summed E-state index contributed by atoms with van der Waals surface area (Å²) in [6.45, 7) is 3.12. The van der Waals surface area contributed by atoms with Crippen molar-refractivity contribution in [3.63, 3.8) is 0 Å². The molecule has 27 heavy (non-hydrogen) atoms. The van der Waals surface area contributed by atoms with Gasteiger partial charge in [0.2, 0.25) is 0 Å². The van der Waals surface area contributed by atoms with Crippen molar-refractivity contribution in [3.8, 4) is 5.75 Å². The topological polar surface area (TPSA) is 48.0 Å². The van der Waals surface area contributed by atoms with Gasteiger partial charge in [0.25, 0.3) is 5.91 Å². The van der Waals surface area contributed by atoms with Gasteiger partial charge in [-0.05, 0) is 42.7 Å². The number of carbonyl (C=O) groups is 1. The molecular weight excluding hydrogens is 342 g/mol. The van der Waals surface area contributed by atoms with Gasteiger partial charge in [0.15, 0.2) is 0 Å². The Balaban J connectivity index is 1.35. The Hall–Kier alpha value is -2.37. The van der Waals surface area contributed by atoms with Crippen LogP contribution in [0.3, 0.4) is 0 Å². The predicted octanol–water partition coefficient (Wildman–Crippen LogP) is 3.46. The molecule has 2 atom stereocenters. The van der Waals surface area contributed by atoms with Crippen molar-refractivity contribution >= 4 is 5.91 Å². The van der Waals surface area contributed by atoms with Crippen LogP contribution in [0.2, 0.25) is 0 Å². The SMILES string of the molecule is O=C(c1ccc(OC[C@H]2CCCO2)cc1)N1CCO[C@@H](c2ccccc2)C1. The fourth-order valence-electron chi connectivity index (χ4n) is 3.54. The lowest BCUT2D eigenvalue weighted by Gasteiger charge is -2.33. The smallest absolute Gasteiger partial charge is 0.254 e. The molecule has 0 spiro atoms.